The van der Waals surface area contributed by atoms with Crippen molar-refractivity contribution in [2.45, 2.75) is 58.7 Å². The van der Waals surface area contributed by atoms with Gasteiger partial charge in [-0.3, -0.25) is 19.5 Å². The number of carbonyl (C=O) groups is 3. The van der Waals surface area contributed by atoms with Crippen molar-refractivity contribution in [2.75, 3.05) is 25.1 Å². The molecule has 0 spiro atoms. The van der Waals surface area contributed by atoms with Gasteiger partial charge in [0.15, 0.2) is 11.6 Å². The Labute approximate surface area is 273 Å². The first kappa shape index (κ1) is 32.9. The lowest BCUT2D eigenvalue weighted by Crippen LogP contribution is -2.49. The van der Waals surface area contributed by atoms with E-state index in [0.29, 0.717) is 61.1 Å². The van der Waals surface area contributed by atoms with Crippen LogP contribution in [0.2, 0.25) is 0 Å². The molecule has 12 heteroatoms. The molecule has 46 heavy (non-hydrogen) atoms. The zero-order valence-corrected chi connectivity index (χ0v) is 27.6. The minimum atomic E-state index is -0.686. The summed E-state index contributed by atoms with van der Waals surface area (Å²) >= 11 is 1.62. The Balaban J connectivity index is 1.54. The van der Waals surface area contributed by atoms with Crippen molar-refractivity contribution in [2.24, 2.45) is 5.92 Å². The summed E-state index contributed by atoms with van der Waals surface area (Å²) in [4.78, 5) is 47.7. The number of amides is 3. The number of aryl methyl sites for hydroxylation is 1. The Hall–Kier alpha value is -4.45. The molecule has 0 unspecified atom stereocenters. The molecule has 3 amide bonds. The van der Waals surface area contributed by atoms with E-state index < -0.39 is 12.1 Å². The number of rotatable bonds is 7. The Morgan fingerprint density at radius 2 is 1.67 bits per heavy atom. The first-order valence-electron chi connectivity index (χ1n) is 15.7. The number of hydrogen-bond acceptors (Lipinski definition) is 7. The summed E-state index contributed by atoms with van der Waals surface area (Å²) in [5, 5.41) is 18.5. The number of hydrogen-bond donors (Lipinski definition) is 3. The Kier molecular flexibility index (Phi) is 10.9. The van der Waals surface area contributed by atoms with E-state index in [4.69, 9.17) is 10.1 Å². The van der Waals surface area contributed by atoms with Crippen LogP contribution in [-0.2, 0) is 16.1 Å². The predicted octanol–water partition coefficient (Wildman–Crippen LogP) is 4.63. The molecular formula is C34H42N8O3S. The highest BCUT2D eigenvalue weighted by Gasteiger charge is 2.31. The maximum Gasteiger partial charge on any atom is 0.258 e. The van der Waals surface area contributed by atoms with Gasteiger partial charge in [0.1, 0.15) is 11.7 Å². The van der Waals surface area contributed by atoms with E-state index >= 15 is 0 Å². The van der Waals surface area contributed by atoms with Gasteiger partial charge in [0.25, 0.3) is 5.91 Å². The third-order valence-electron chi connectivity index (χ3n) is 8.15. The van der Waals surface area contributed by atoms with Crippen molar-refractivity contribution in [3.8, 4) is 22.6 Å². The normalized spacial score (nSPS) is 18.1. The average molecular weight is 643 g/mol. The van der Waals surface area contributed by atoms with Crippen LogP contribution in [0.4, 0.5) is 0 Å². The molecule has 5 rings (SSSR count). The fraction of sp³-hybridized carbons (Fsp3) is 0.412. The van der Waals surface area contributed by atoms with Crippen molar-refractivity contribution in [1.29, 1.82) is 0 Å². The maximum atomic E-state index is 14.3. The zero-order chi connectivity index (χ0) is 32.6. The van der Waals surface area contributed by atoms with Crippen LogP contribution in [-0.4, -0.2) is 78.7 Å². The summed E-state index contributed by atoms with van der Waals surface area (Å²) in [6, 6.07) is 18.2. The summed E-state index contributed by atoms with van der Waals surface area (Å²) < 4.78 is 1.81. The number of H-pyrrole nitrogens is 1. The molecule has 4 aromatic rings. The van der Waals surface area contributed by atoms with Crippen molar-refractivity contribution in [1.82, 2.24) is 40.5 Å². The topological polar surface area (TPSA) is 138 Å². The lowest BCUT2D eigenvalue weighted by molar-refractivity contribution is -0.129. The number of aromatic amines is 1. The fourth-order valence-electron chi connectivity index (χ4n) is 5.63. The molecule has 0 saturated carbocycles. The van der Waals surface area contributed by atoms with Gasteiger partial charge in [-0.15, -0.1) is 0 Å². The van der Waals surface area contributed by atoms with E-state index in [9.17, 15) is 14.4 Å². The van der Waals surface area contributed by atoms with E-state index in [2.05, 4.69) is 20.8 Å². The van der Waals surface area contributed by atoms with Gasteiger partial charge in [-0.25, -0.2) is 9.67 Å². The third-order valence-corrected chi connectivity index (χ3v) is 8.79. The van der Waals surface area contributed by atoms with Crippen molar-refractivity contribution >= 4 is 29.5 Å². The Bertz CT molecular complexity index is 1640. The lowest BCUT2D eigenvalue weighted by atomic mass is 10.0. The van der Waals surface area contributed by atoms with Gasteiger partial charge < -0.3 is 15.5 Å². The summed E-state index contributed by atoms with van der Waals surface area (Å²) in [6.07, 6.45) is 3.09. The quantitative estimate of drug-likeness (QED) is 0.267. The minimum Gasteiger partial charge on any atom is -0.344 e. The van der Waals surface area contributed by atoms with Gasteiger partial charge in [-0.05, 0) is 37.7 Å². The molecule has 0 fully saturated rings. The molecule has 1 aliphatic heterocycles. The second-order valence-electron chi connectivity index (χ2n) is 11.8. The highest BCUT2D eigenvalue weighted by atomic mass is 32.2. The minimum absolute atomic E-state index is 0.0277. The van der Waals surface area contributed by atoms with E-state index in [1.807, 2.05) is 92.4 Å². The first-order valence-corrected chi connectivity index (χ1v) is 17.1. The van der Waals surface area contributed by atoms with Gasteiger partial charge in [-0.2, -0.15) is 22.0 Å². The van der Waals surface area contributed by atoms with Crippen molar-refractivity contribution in [3.05, 3.63) is 77.7 Å². The summed E-state index contributed by atoms with van der Waals surface area (Å²) in [5.41, 5.74) is 3.47. The Morgan fingerprint density at radius 3 is 2.35 bits per heavy atom. The molecule has 0 saturated heterocycles. The van der Waals surface area contributed by atoms with Gasteiger partial charge in [0.2, 0.25) is 11.8 Å². The van der Waals surface area contributed by atoms with Crippen LogP contribution in [0, 0.1) is 12.8 Å². The van der Waals surface area contributed by atoms with E-state index in [1.165, 1.54) is 0 Å². The predicted molar refractivity (Wildman–Crippen MR) is 180 cm³/mol. The number of fused-ring (bicyclic) bond motifs is 1. The second-order valence-corrected chi connectivity index (χ2v) is 12.8. The number of benzene rings is 2. The number of thioether (sulfide) groups is 1. The van der Waals surface area contributed by atoms with Crippen LogP contribution in [0.5, 0.6) is 0 Å². The number of nitrogens with one attached hydrogen (secondary N) is 3. The SMILES string of the molecule is CSCC[C@@H]1NC(=O)CCCN(C(=O)c2c(-c3ccccc3)n[nH]c2C)CCn2nc(-c3ccccc3)nc2[C@@H](C(C)C)NC1=O. The van der Waals surface area contributed by atoms with Crippen LogP contribution >= 0.6 is 11.8 Å². The molecule has 3 heterocycles. The molecule has 0 radical (unpaired) electrons. The number of nitrogens with zero attached hydrogens (tertiary/aromatic N) is 5. The average Bonchev–Trinajstić information content (AvgIpc) is 3.66. The van der Waals surface area contributed by atoms with E-state index in [0.717, 1.165) is 16.9 Å². The first-order chi connectivity index (χ1) is 22.3. The van der Waals surface area contributed by atoms with E-state index in [1.54, 1.807) is 16.7 Å². The third kappa shape index (κ3) is 7.67. The largest absolute Gasteiger partial charge is 0.344 e. The smallest absolute Gasteiger partial charge is 0.258 e. The van der Waals surface area contributed by atoms with Crippen LogP contribution in [0.25, 0.3) is 22.6 Å². The van der Waals surface area contributed by atoms with E-state index in [-0.39, 0.29) is 30.1 Å². The van der Waals surface area contributed by atoms with Gasteiger partial charge >= 0.3 is 0 Å². The lowest BCUT2D eigenvalue weighted by Gasteiger charge is -2.28. The number of carbonyl (C=O) groups excluding carboxylic acids is 3. The molecule has 2 aromatic heterocycles. The molecule has 11 nitrogen and oxygen atoms in total. The Morgan fingerprint density at radius 1 is 0.978 bits per heavy atom. The second kappa shape index (κ2) is 15.2. The molecule has 2 atom stereocenters. The molecule has 2 aromatic carbocycles. The van der Waals surface area contributed by atoms with Gasteiger partial charge in [0.05, 0.1) is 18.2 Å². The molecule has 0 aliphatic carbocycles. The fourth-order valence-corrected chi connectivity index (χ4v) is 6.10. The number of aromatic nitrogens is 5. The summed E-state index contributed by atoms with van der Waals surface area (Å²) in [7, 11) is 0. The molecule has 242 valence electrons. The van der Waals surface area contributed by atoms with Crippen LogP contribution in [0.3, 0.4) is 0 Å². The highest BCUT2D eigenvalue weighted by Crippen LogP contribution is 2.27. The van der Waals surface area contributed by atoms with Crippen LogP contribution in [0.15, 0.2) is 60.7 Å². The van der Waals surface area contributed by atoms with Crippen molar-refractivity contribution in [3.63, 3.8) is 0 Å². The van der Waals surface area contributed by atoms with Crippen LogP contribution < -0.4 is 10.6 Å². The van der Waals surface area contributed by atoms with Crippen molar-refractivity contribution < 1.29 is 14.4 Å². The highest BCUT2D eigenvalue weighted by molar-refractivity contribution is 7.98. The summed E-state index contributed by atoms with van der Waals surface area (Å²) in [6.45, 7) is 6.89. The van der Waals surface area contributed by atoms with Gasteiger partial charge in [0, 0.05) is 36.3 Å². The molecular weight excluding hydrogens is 600 g/mol. The molecule has 3 N–H and O–H groups in total. The monoisotopic (exact) mass is 642 g/mol. The van der Waals surface area contributed by atoms with Crippen LogP contribution in [0.1, 0.15) is 61.0 Å². The zero-order valence-electron chi connectivity index (χ0n) is 26.8. The molecule has 0 bridgehead atoms. The summed E-state index contributed by atoms with van der Waals surface area (Å²) in [5.74, 6) is 1.21. The standard InChI is InChI=1S/C34H42N8O3S/c1-22(2)29-32-37-31(25-14-9-6-10-15-25)40-42(32)20-19-41(18-11-16-27(43)35-26(17-21-46-4)33(44)36-29)34(45)28-23(3)38-39-30(28)24-12-7-5-8-13-24/h5-10,12-15,22,26,29H,11,16-21H2,1-4H3,(H,35,43)(H,36,44)(H,38,39)/t26-,29+/m0/s1. The molecule has 1 aliphatic rings. The maximum absolute atomic E-state index is 14.3. The van der Waals surface area contributed by atoms with Gasteiger partial charge in [-0.1, -0.05) is 74.5 Å².